The SMILES string of the molecule is CN=C(NCC1CCS(=O)(=O)C1)N(C)Cc1ccc(OC)cc1OC. The number of benzene rings is 1. The normalized spacial score (nSPS) is 19.5. The third kappa shape index (κ3) is 5.26. The predicted octanol–water partition coefficient (Wildman–Crippen LogP) is 1.15. The Labute approximate surface area is 149 Å². The highest BCUT2D eigenvalue weighted by Crippen LogP contribution is 2.25. The summed E-state index contributed by atoms with van der Waals surface area (Å²) >= 11 is 0. The van der Waals surface area contributed by atoms with Gasteiger partial charge in [0.1, 0.15) is 11.5 Å². The Morgan fingerprint density at radius 2 is 2.12 bits per heavy atom. The fourth-order valence-corrected chi connectivity index (χ4v) is 4.83. The van der Waals surface area contributed by atoms with Gasteiger partial charge in [-0.05, 0) is 24.5 Å². The van der Waals surface area contributed by atoms with Crippen LogP contribution in [0.25, 0.3) is 0 Å². The molecule has 1 aromatic rings. The van der Waals surface area contributed by atoms with Crippen LogP contribution in [0, 0.1) is 5.92 Å². The molecule has 25 heavy (non-hydrogen) atoms. The van der Waals surface area contributed by atoms with Gasteiger partial charge in [-0.2, -0.15) is 0 Å². The van der Waals surface area contributed by atoms with Gasteiger partial charge in [0.25, 0.3) is 0 Å². The monoisotopic (exact) mass is 369 g/mol. The van der Waals surface area contributed by atoms with Crippen molar-refractivity contribution in [1.29, 1.82) is 0 Å². The van der Waals surface area contributed by atoms with Crippen molar-refractivity contribution in [3.63, 3.8) is 0 Å². The molecule has 1 saturated heterocycles. The molecule has 1 N–H and O–H groups in total. The second-order valence-electron chi connectivity index (χ2n) is 6.23. The number of ether oxygens (including phenoxy) is 2. The molecule has 2 rings (SSSR count). The van der Waals surface area contributed by atoms with Crippen LogP contribution in [0.1, 0.15) is 12.0 Å². The van der Waals surface area contributed by atoms with Crippen molar-refractivity contribution in [1.82, 2.24) is 10.2 Å². The molecule has 140 valence electrons. The minimum Gasteiger partial charge on any atom is -0.497 e. The zero-order chi connectivity index (χ0) is 18.4. The first-order chi connectivity index (χ1) is 11.9. The van der Waals surface area contributed by atoms with E-state index in [1.807, 2.05) is 30.1 Å². The zero-order valence-electron chi connectivity index (χ0n) is 15.3. The summed E-state index contributed by atoms with van der Waals surface area (Å²) in [5.74, 6) is 2.91. The molecule has 0 aliphatic carbocycles. The second kappa shape index (κ2) is 8.42. The zero-order valence-corrected chi connectivity index (χ0v) is 16.1. The van der Waals surface area contributed by atoms with E-state index in [2.05, 4.69) is 10.3 Å². The lowest BCUT2D eigenvalue weighted by molar-refractivity contribution is 0.382. The van der Waals surface area contributed by atoms with E-state index in [9.17, 15) is 8.42 Å². The van der Waals surface area contributed by atoms with Crippen LogP contribution in [0.2, 0.25) is 0 Å². The molecule has 0 aromatic heterocycles. The van der Waals surface area contributed by atoms with E-state index in [1.165, 1.54) is 0 Å². The second-order valence-corrected chi connectivity index (χ2v) is 8.46. The van der Waals surface area contributed by atoms with Crippen LogP contribution < -0.4 is 14.8 Å². The van der Waals surface area contributed by atoms with Gasteiger partial charge >= 0.3 is 0 Å². The number of nitrogens with one attached hydrogen (secondary N) is 1. The number of hydrogen-bond donors (Lipinski definition) is 1. The summed E-state index contributed by atoms with van der Waals surface area (Å²) in [6.07, 6.45) is 0.711. The van der Waals surface area contributed by atoms with E-state index in [-0.39, 0.29) is 17.4 Å². The van der Waals surface area contributed by atoms with Gasteiger partial charge in [-0.15, -0.1) is 0 Å². The van der Waals surface area contributed by atoms with Gasteiger partial charge in [-0.25, -0.2) is 8.42 Å². The molecule has 1 aliphatic rings. The summed E-state index contributed by atoms with van der Waals surface area (Å²) in [4.78, 5) is 6.27. The Kier molecular flexibility index (Phi) is 6.52. The van der Waals surface area contributed by atoms with Crippen molar-refractivity contribution in [2.75, 3.05) is 46.4 Å². The third-order valence-electron chi connectivity index (χ3n) is 4.35. The van der Waals surface area contributed by atoms with Gasteiger partial charge in [-0.3, -0.25) is 4.99 Å². The van der Waals surface area contributed by atoms with Crippen molar-refractivity contribution in [2.45, 2.75) is 13.0 Å². The molecule has 1 atom stereocenters. The molecule has 1 unspecified atom stereocenters. The number of hydrogen-bond acceptors (Lipinski definition) is 5. The quantitative estimate of drug-likeness (QED) is 0.598. The van der Waals surface area contributed by atoms with Crippen molar-refractivity contribution in [3.8, 4) is 11.5 Å². The predicted molar refractivity (Wildman–Crippen MR) is 99.1 cm³/mol. The molecule has 1 aliphatic heterocycles. The standard InChI is InChI=1S/C17H27N3O4S/c1-18-17(19-10-13-7-8-25(21,22)12-13)20(2)11-14-5-6-15(23-3)9-16(14)24-4/h5-6,9,13H,7-8,10-12H2,1-4H3,(H,18,19). The first-order valence-corrected chi connectivity index (χ1v) is 10.0. The van der Waals surface area contributed by atoms with E-state index >= 15 is 0 Å². The highest BCUT2D eigenvalue weighted by molar-refractivity contribution is 7.91. The van der Waals surface area contributed by atoms with Gasteiger partial charge in [0.15, 0.2) is 15.8 Å². The maximum absolute atomic E-state index is 11.6. The van der Waals surface area contributed by atoms with Crippen molar-refractivity contribution in [2.24, 2.45) is 10.9 Å². The summed E-state index contributed by atoms with van der Waals surface area (Å²) in [5, 5.41) is 3.28. The summed E-state index contributed by atoms with van der Waals surface area (Å²) in [6, 6.07) is 5.71. The van der Waals surface area contributed by atoms with Crippen molar-refractivity contribution in [3.05, 3.63) is 23.8 Å². The van der Waals surface area contributed by atoms with Gasteiger partial charge in [0, 0.05) is 38.8 Å². The molecule has 0 radical (unpaired) electrons. The van der Waals surface area contributed by atoms with E-state index in [0.29, 0.717) is 19.5 Å². The number of aliphatic imine (C=N–C) groups is 1. The number of rotatable bonds is 6. The average molecular weight is 369 g/mol. The van der Waals surface area contributed by atoms with Gasteiger partial charge in [-0.1, -0.05) is 0 Å². The molecular formula is C17H27N3O4S. The lowest BCUT2D eigenvalue weighted by Crippen LogP contribution is -2.40. The molecule has 1 fully saturated rings. The Hall–Kier alpha value is -1.96. The molecule has 8 heteroatoms. The summed E-state index contributed by atoms with van der Waals surface area (Å²) < 4.78 is 33.8. The van der Waals surface area contributed by atoms with Crippen molar-refractivity contribution < 1.29 is 17.9 Å². The fraction of sp³-hybridized carbons (Fsp3) is 0.588. The van der Waals surface area contributed by atoms with E-state index in [4.69, 9.17) is 9.47 Å². The Balaban J connectivity index is 1.97. The smallest absolute Gasteiger partial charge is 0.193 e. The van der Waals surface area contributed by atoms with Gasteiger partial charge < -0.3 is 19.7 Å². The molecule has 0 saturated carbocycles. The van der Waals surface area contributed by atoms with Crippen LogP contribution in [0.5, 0.6) is 11.5 Å². The van der Waals surface area contributed by atoms with Crippen LogP contribution in [0.4, 0.5) is 0 Å². The van der Waals surface area contributed by atoms with E-state index < -0.39 is 9.84 Å². The molecule has 0 amide bonds. The van der Waals surface area contributed by atoms with Crippen LogP contribution in [-0.2, 0) is 16.4 Å². The number of sulfone groups is 1. The maximum atomic E-state index is 11.6. The molecule has 0 spiro atoms. The van der Waals surface area contributed by atoms with E-state index in [0.717, 1.165) is 23.0 Å². The Bertz CT molecular complexity index is 719. The van der Waals surface area contributed by atoms with Crippen LogP contribution in [0.3, 0.4) is 0 Å². The molecule has 7 nitrogen and oxygen atoms in total. The summed E-state index contributed by atoms with van der Waals surface area (Å²) in [7, 11) is 4.05. The minimum atomic E-state index is -2.86. The summed E-state index contributed by atoms with van der Waals surface area (Å²) in [6.45, 7) is 1.21. The molecule has 1 aromatic carbocycles. The Morgan fingerprint density at radius 1 is 1.36 bits per heavy atom. The minimum absolute atomic E-state index is 0.144. The summed E-state index contributed by atoms with van der Waals surface area (Å²) in [5.41, 5.74) is 1.01. The highest BCUT2D eigenvalue weighted by atomic mass is 32.2. The average Bonchev–Trinajstić information content (AvgIpc) is 2.94. The number of methoxy groups -OCH3 is 2. The van der Waals surface area contributed by atoms with E-state index in [1.54, 1.807) is 21.3 Å². The van der Waals surface area contributed by atoms with Crippen LogP contribution in [-0.4, -0.2) is 65.6 Å². The fourth-order valence-electron chi connectivity index (χ4n) is 2.97. The first-order valence-electron chi connectivity index (χ1n) is 8.21. The maximum Gasteiger partial charge on any atom is 0.193 e. The largest absolute Gasteiger partial charge is 0.497 e. The number of guanidine groups is 1. The van der Waals surface area contributed by atoms with Crippen molar-refractivity contribution >= 4 is 15.8 Å². The first kappa shape index (κ1) is 19.4. The molecule has 1 heterocycles. The topological polar surface area (TPSA) is 80.2 Å². The third-order valence-corrected chi connectivity index (χ3v) is 6.19. The lowest BCUT2D eigenvalue weighted by atomic mass is 10.1. The van der Waals surface area contributed by atoms with Crippen LogP contribution in [0.15, 0.2) is 23.2 Å². The molecule has 0 bridgehead atoms. The lowest BCUT2D eigenvalue weighted by Gasteiger charge is -2.24. The highest BCUT2D eigenvalue weighted by Gasteiger charge is 2.28. The van der Waals surface area contributed by atoms with Gasteiger partial charge in [0.05, 0.1) is 25.7 Å². The molecular weight excluding hydrogens is 342 g/mol. The number of nitrogens with zero attached hydrogens (tertiary/aromatic N) is 2. The van der Waals surface area contributed by atoms with Crippen LogP contribution >= 0.6 is 0 Å². The Morgan fingerprint density at radius 3 is 2.68 bits per heavy atom. The van der Waals surface area contributed by atoms with Gasteiger partial charge in [0.2, 0.25) is 0 Å².